The van der Waals surface area contributed by atoms with Crippen LogP contribution in [0.25, 0.3) is 11.0 Å². The van der Waals surface area contributed by atoms with E-state index in [2.05, 4.69) is 0 Å². The van der Waals surface area contributed by atoms with E-state index in [0.717, 1.165) is 23.8 Å². The normalized spacial score (nSPS) is 17.6. The number of aryl methyl sites for hydroxylation is 1. The van der Waals surface area contributed by atoms with Gasteiger partial charge in [0, 0.05) is 44.7 Å². The molecule has 2 aliphatic heterocycles. The zero-order valence-electron chi connectivity index (χ0n) is 15.4. The van der Waals surface area contributed by atoms with Crippen molar-refractivity contribution in [2.45, 2.75) is 19.8 Å². The molecule has 0 spiro atoms. The second-order valence-corrected chi connectivity index (χ2v) is 7.24. The van der Waals surface area contributed by atoms with E-state index < -0.39 is 11.8 Å². The fourth-order valence-corrected chi connectivity index (χ4v) is 3.73. The van der Waals surface area contributed by atoms with Crippen LogP contribution in [-0.2, 0) is 9.59 Å². The molecule has 0 aliphatic carbocycles. The van der Waals surface area contributed by atoms with Crippen LogP contribution >= 0.6 is 0 Å². The predicted molar refractivity (Wildman–Crippen MR) is 99.2 cm³/mol. The summed E-state index contributed by atoms with van der Waals surface area (Å²) in [7, 11) is 0. The molecule has 2 fully saturated rings. The number of likely N-dealkylation sites (tertiary alicyclic amines) is 1. The molecule has 7 heteroatoms. The van der Waals surface area contributed by atoms with Crippen LogP contribution in [0, 0.1) is 6.92 Å². The first kappa shape index (κ1) is 17.6. The van der Waals surface area contributed by atoms with Gasteiger partial charge < -0.3 is 19.1 Å². The Labute approximate surface area is 157 Å². The molecular formula is C20H23N3O4. The van der Waals surface area contributed by atoms with Crippen LogP contribution in [-0.4, -0.2) is 71.7 Å². The highest BCUT2D eigenvalue weighted by molar-refractivity contribution is 6.35. The molecule has 27 heavy (non-hydrogen) atoms. The van der Waals surface area contributed by atoms with E-state index in [1.807, 2.05) is 25.1 Å². The van der Waals surface area contributed by atoms with Crippen molar-refractivity contribution in [3.63, 3.8) is 0 Å². The monoisotopic (exact) mass is 369 g/mol. The Morgan fingerprint density at radius 3 is 2.07 bits per heavy atom. The topological polar surface area (TPSA) is 74.1 Å². The predicted octanol–water partition coefficient (Wildman–Crippen LogP) is 1.65. The minimum absolute atomic E-state index is 0.179. The first-order chi connectivity index (χ1) is 13.0. The van der Waals surface area contributed by atoms with E-state index in [1.54, 1.807) is 20.8 Å². The molecule has 4 rings (SSSR count). The number of carbonyl (C=O) groups excluding carboxylic acids is 3. The van der Waals surface area contributed by atoms with Crippen molar-refractivity contribution in [2.75, 3.05) is 39.3 Å². The van der Waals surface area contributed by atoms with E-state index in [0.29, 0.717) is 50.6 Å². The van der Waals surface area contributed by atoms with Gasteiger partial charge >= 0.3 is 11.8 Å². The van der Waals surface area contributed by atoms with E-state index >= 15 is 0 Å². The first-order valence-electron chi connectivity index (χ1n) is 9.40. The second-order valence-electron chi connectivity index (χ2n) is 7.24. The Bertz CT molecular complexity index is 890. The number of hydrogen-bond acceptors (Lipinski definition) is 4. The van der Waals surface area contributed by atoms with Crippen LogP contribution in [0.1, 0.15) is 29.0 Å². The Kier molecular flexibility index (Phi) is 4.59. The van der Waals surface area contributed by atoms with Gasteiger partial charge in [-0.3, -0.25) is 14.4 Å². The molecular weight excluding hydrogens is 346 g/mol. The quantitative estimate of drug-likeness (QED) is 0.717. The molecule has 1 aromatic heterocycles. The molecule has 2 saturated heterocycles. The maximum atomic E-state index is 12.7. The third-order valence-electron chi connectivity index (χ3n) is 5.31. The lowest BCUT2D eigenvalue weighted by molar-refractivity contribution is -0.152. The molecule has 2 aliphatic rings. The highest BCUT2D eigenvalue weighted by atomic mass is 16.3. The maximum absolute atomic E-state index is 12.7. The smallest absolute Gasteiger partial charge is 0.312 e. The Hall–Kier alpha value is -2.83. The minimum Gasteiger partial charge on any atom is -0.451 e. The minimum atomic E-state index is -0.455. The summed E-state index contributed by atoms with van der Waals surface area (Å²) in [6.45, 7) is 4.84. The highest BCUT2D eigenvalue weighted by Gasteiger charge is 2.32. The third-order valence-corrected chi connectivity index (χ3v) is 5.31. The summed E-state index contributed by atoms with van der Waals surface area (Å²) in [5.74, 6) is -0.742. The highest BCUT2D eigenvalue weighted by Crippen LogP contribution is 2.22. The molecule has 0 radical (unpaired) electrons. The SMILES string of the molecule is Cc1ccc2oc(C(=O)N3CCN(C(=O)C(=O)N4CCCC4)CC3)cc2c1. The molecule has 0 bridgehead atoms. The van der Waals surface area contributed by atoms with E-state index in [9.17, 15) is 14.4 Å². The van der Waals surface area contributed by atoms with Gasteiger partial charge in [0.15, 0.2) is 5.76 Å². The maximum Gasteiger partial charge on any atom is 0.312 e. The van der Waals surface area contributed by atoms with Gasteiger partial charge in [-0.25, -0.2) is 0 Å². The Balaban J connectivity index is 1.38. The number of fused-ring (bicyclic) bond motifs is 1. The number of benzene rings is 1. The molecule has 3 heterocycles. The molecule has 7 nitrogen and oxygen atoms in total. The largest absolute Gasteiger partial charge is 0.451 e. The van der Waals surface area contributed by atoms with Gasteiger partial charge in [-0.05, 0) is 38.0 Å². The standard InChI is InChI=1S/C20H23N3O4/c1-14-4-5-16-15(12-14)13-17(27-16)18(24)22-8-10-23(11-9-22)20(26)19(25)21-6-2-3-7-21/h4-5,12-13H,2-3,6-11H2,1H3. The average molecular weight is 369 g/mol. The Morgan fingerprint density at radius 1 is 0.815 bits per heavy atom. The summed E-state index contributed by atoms with van der Waals surface area (Å²) in [5, 5.41) is 0.906. The van der Waals surface area contributed by atoms with Crippen LogP contribution in [0.4, 0.5) is 0 Å². The summed E-state index contributed by atoms with van der Waals surface area (Å²) in [5.41, 5.74) is 1.80. The Morgan fingerprint density at radius 2 is 1.41 bits per heavy atom. The number of hydrogen-bond donors (Lipinski definition) is 0. The molecule has 0 saturated carbocycles. The fraction of sp³-hybridized carbons (Fsp3) is 0.450. The van der Waals surface area contributed by atoms with Gasteiger partial charge in [-0.1, -0.05) is 11.6 Å². The number of amides is 3. The molecule has 0 unspecified atom stereocenters. The zero-order chi connectivity index (χ0) is 19.0. The number of nitrogens with zero attached hydrogens (tertiary/aromatic N) is 3. The summed E-state index contributed by atoms with van der Waals surface area (Å²) in [4.78, 5) is 42.2. The summed E-state index contributed by atoms with van der Waals surface area (Å²) in [6.07, 6.45) is 1.91. The number of furan rings is 1. The van der Waals surface area contributed by atoms with Gasteiger partial charge in [0.25, 0.3) is 5.91 Å². The van der Waals surface area contributed by atoms with E-state index in [-0.39, 0.29) is 5.91 Å². The fourth-order valence-electron chi connectivity index (χ4n) is 3.73. The van der Waals surface area contributed by atoms with Crippen molar-refractivity contribution in [3.05, 3.63) is 35.6 Å². The lowest BCUT2D eigenvalue weighted by Crippen LogP contribution is -2.54. The van der Waals surface area contributed by atoms with Crippen molar-refractivity contribution in [2.24, 2.45) is 0 Å². The zero-order valence-corrected chi connectivity index (χ0v) is 15.4. The summed E-state index contributed by atoms with van der Waals surface area (Å²) in [6, 6.07) is 7.55. The van der Waals surface area contributed by atoms with Crippen molar-refractivity contribution < 1.29 is 18.8 Å². The third kappa shape index (κ3) is 3.41. The van der Waals surface area contributed by atoms with Gasteiger partial charge in [0.2, 0.25) is 0 Å². The van der Waals surface area contributed by atoms with Crippen LogP contribution in [0.3, 0.4) is 0 Å². The van der Waals surface area contributed by atoms with E-state index in [1.165, 1.54) is 0 Å². The van der Waals surface area contributed by atoms with Gasteiger partial charge in [0.1, 0.15) is 5.58 Å². The summed E-state index contributed by atoms with van der Waals surface area (Å²) >= 11 is 0. The van der Waals surface area contributed by atoms with Crippen molar-refractivity contribution in [1.82, 2.24) is 14.7 Å². The van der Waals surface area contributed by atoms with Crippen molar-refractivity contribution in [1.29, 1.82) is 0 Å². The van der Waals surface area contributed by atoms with Crippen LogP contribution in [0.15, 0.2) is 28.7 Å². The summed E-state index contributed by atoms with van der Waals surface area (Å²) < 4.78 is 5.69. The van der Waals surface area contributed by atoms with E-state index in [4.69, 9.17) is 4.42 Å². The second kappa shape index (κ2) is 7.06. The van der Waals surface area contributed by atoms with Gasteiger partial charge in [-0.2, -0.15) is 0 Å². The number of carbonyl (C=O) groups is 3. The van der Waals surface area contributed by atoms with Crippen molar-refractivity contribution >= 4 is 28.7 Å². The van der Waals surface area contributed by atoms with Gasteiger partial charge in [0.05, 0.1) is 0 Å². The van der Waals surface area contributed by atoms with Gasteiger partial charge in [-0.15, -0.1) is 0 Å². The number of piperazine rings is 1. The van der Waals surface area contributed by atoms with Crippen molar-refractivity contribution in [3.8, 4) is 0 Å². The molecule has 1 aromatic carbocycles. The molecule has 3 amide bonds. The molecule has 0 N–H and O–H groups in total. The lowest BCUT2D eigenvalue weighted by Gasteiger charge is -2.34. The average Bonchev–Trinajstić information content (AvgIpc) is 3.36. The van der Waals surface area contributed by atoms with Crippen LogP contribution < -0.4 is 0 Å². The number of rotatable bonds is 1. The molecule has 2 aromatic rings. The van der Waals surface area contributed by atoms with Crippen LogP contribution in [0.2, 0.25) is 0 Å². The lowest BCUT2D eigenvalue weighted by atomic mass is 10.2. The molecule has 0 atom stereocenters. The molecule has 142 valence electrons. The first-order valence-corrected chi connectivity index (χ1v) is 9.40. The van der Waals surface area contributed by atoms with Crippen LogP contribution in [0.5, 0.6) is 0 Å².